The molecule has 0 bridgehead atoms. The molecule has 0 radical (unpaired) electrons. The Labute approximate surface area is 116 Å². The minimum Gasteiger partial charge on any atom is -0.293 e. The summed E-state index contributed by atoms with van der Waals surface area (Å²) in [6.07, 6.45) is 0.965. The number of halogens is 1. The topological polar surface area (TPSA) is 17.1 Å². The van der Waals surface area contributed by atoms with Crippen molar-refractivity contribution in [3.05, 3.63) is 65.5 Å². The van der Waals surface area contributed by atoms with Gasteiger partial charge in [0.1, 0.15) is 5.82 Å². The Bertz CT molecular complexity index is 563. The molecule has 0 saturated heterocycles. The quantitative estimate of drug-likeness (QED) is 0.595. The fourth-order valence-electron chi connectivity index (χ4n) is 1.72. The Morgan fingerprint density at radius 1 is 1.16 bits per heavy atom. The molecule has 2 rings (SSSR count). The van der Waals surface area contributed by atoms with E-state index in [-0.39, 0.29) is 11.6 Å². The Hall–Kier alpha value is -1.61. The number of hydrogen-bond acceptors (Lipinski definition) is 2. The van der Waals surface area contributed by atoms with Crippen LogP contribution in [0.2, 0.25) is 0 Å². The molecule has 0 aromatic heterocycles. The third-order valence-electron chi connectivity index (χ3n) is 2.85. The molecule has 0 spiro atoms. The predicted molar refractivity (Wildman–Crippen MR) is 77.3 cm³/mol. The highest BCUT2D eigenvalue weighted by molar-refractivity contribution is 8.00. The molecule has 0 N–H and O–H groups in total. The standard InChI is InChI=1S/C16H15FOS/c1-2-12-6-8-13(9-7-12)16(18)11-19-15-5-3-4-14(17)10-15/h3-10H,2,11H2,1H3. The first-order valence-electron chi connectivity index (χ1n) is 6.19. The van der Waals surface area contributed by atoms with Gasteiger partial charge in [0, 0.05) is 10.5 Å². The van der Waals surface area contributed by atoms with E-state index in [0.717, 1.165) is 11.3 Å². The molecule has 1 nitrogen and oxygen atoms in total. The van der Waals surface area contributed by atoms with Crippen LogP contribution in [-0.4, -0.2) is 11.5 Å². The second-order valence-corrected chi connectivity index (χ2v) is 5.27. The highest BCUT2D eigenvalue weighted by Gasteiger charge is 2.06. The van der Waals surface area contributed by atoms with Crippen LogP contribution in [-0.2, 0) is 6.42 Å². The van der Waals surface area contributed by atoms with E-state index in [9.17, 15) is 9.18 Å². The van der Waals surface area contributed by atoms with E-state index in [4.69, 9.17) is 0 Å². The molecule has 3 heteroatoms. The predicted octanol–water partition coefficient (Wildman–Crippen LogP) is 4.36. The maximum absolute atomic E-state index is 13.0. The van der Waals surface area contributed by atoms with Crippen LogP contribution in [0, 0.1) is 5.82 Å². The maximum atomic E-state index is 13.0. The van der Waals surface area contributed by atoms with Gasteiger partial charge in [-0.05, 0) is 30.2 Å². The average molecular weight is 274 g/mol. The lowest BCUT2D eigenvalue weighted by atomic mass is 10.1. The fourth-order valence-corrected chi connectivity index (χ4v) is 2.55. The zero-order valence-corrected chi connectivity index (χ0v) is 11.5. The number of hydrogen-bond donors (Lipinski definition) is 0. The lowest BCUT2D eigenvalue weighted by Gasteiger charge is -2.03. The van der Waals surface area contributed by atoms with Crippen molar-refractivity contribution >= 4 is 17.5 Å². The van der Waals surface area contributed by atoms with Crippen LogP contribution in [0.25, 0.3) is 0 Å². The van der Waals surface area contributed by atoms with Crippen LogP contribution in [0.15, 0.2) is 53.4 Å². The molecule has 0 amide bonds. The van der Waals surface area contributed by atoms with Gasteiger partial charge in [-0.1, -0.05) is 37.3 Å². The molecule has 2 aromatic carbocycles. The number of carbonyl (C=O) groups excluding carboxylic acids is 1. The molecule has 0 aliphatic heterocycles. The maximum Gasteiger partial charge on any atom is 0.173 e. The SMILES string of the molecule is CCc1ccc(C(=O)CSc2cccc(F)c2)cc1. The van der Waals surface area contributed by atoms with Gasteiger partial charge in [-0.3, -0.25) is 4.79 Å². The van der Waals surface area contributed by atoms with Crippen LogP contribution >= 0.6 is 11.8 Å². The van der Waals surface area contributed by atoms with Crippen LogP contribution in [0.3, 0.4) is 0 Å². The largest absolute Gasteiger partial charge is 0.293 e. The van der Waals surface area contributed by atoms with Gasteiger partial charge in [0.25, 0.3) is 0 Å². The highest BCUT2D eigenvalue weighted by atomic mass is 32.2. The lowest BCUT2D eigenvalue weighted by molar-refractivity contribution is 0.102. The second kappa shape index (κ2) is 6.53. The summed E-state index contributed by atoms with van der Waals surface area (Å²) in [6.45, 7) is 2.08. The molecule has 0 aliphatic carbocycles. The van der Waals surface area contributed by atoms with E-state index in [0.29, 0.717) is 11.3 Å². The van der Waals surface area contributed by atoms with Gasteiger partial charge in [-0.2, -0.15) is 0 Å². The Morgan fingerprint density at radius 3 is 2.53 bits per heavy atom. The van der Waals surface area contributed by atoms with Crippen molar-refractivity contribution in [1.82, 2.24) is 0 Å². The lowest BCUT2D eigenvalue weighted by Crippen LogP contribution is -2.02. The van der Waals surface area contributed by atoms with Gasteiger partial charge < -0.3 is 0 Å². The first-order chi connectivity index (χ1) is 9.19. The molecule has 0 unspecified atom stereocenters. The summed E-state index contributed by atoms with van der Waals surface area (Å²) in [6, 6.07) is 14.0. The van der Waals surface area contributed by atoms with Gasteiger partial charge >= 0.3 is 0 Å². The van der Waals surface area contributed by atoms with E-state index in [1.54, 1.807) is 12.1 Å². The third-order valence-corrected chi connectivity index (χ3v) is 3.84. The van der Waals surface area contributed by atoms with Crippen molar-refractivity contribution in [2.24, 2.45) is 0 Å². The smallest absolute Gasteiger partial charge is 0.173 e. The van der Waals surface area contributed by atoms with Crippen LogP contribution < -0.4 is 0 Å². The van der Waals surface area contributed by atoms with Crippen molar-refractivity contribution in [3.8, 4) is 0 Å². The Balaban J connectivity index is 1.97. The van der Waals surface area contributed by atoms with Gasteiger partial charge in [-0.25, -0.2) is 4.39 Å². The van der Waals surface area contributed by atoms with Gasteiger partial charge in [-0.15, -0.1) is 11.8 Å². The molecule has 0 heterocycles. The molecule has 19 heavy (non-hydrogen) atoms. The minimum absolute atomic E-state index is 0.0666. The zero-order chi connectivity index (χ0) is 13.7. The number of aryl methyl sites for hydroxylation is 1. The van der Waals surface area contributed by atoms with Crippen molar-refractivity contribution in [2.75, 3.05) is 5.75 Å². The zero-order valence-electron chi connectivity index (χ0n) is 10.7. The van der Waals surface area contributed by atoms with E-state index in [2.05, 4.69) is 6.92 Å². The molecule has 0 atom stereocenters. The summed E-state index contributed by atoms with van der Waals surface area (Å²) in [5.41, 5.74) is 1.93. The van der Waals surface area contributed by atoms with Crippen molar-refractivity contribution in [3.63, 3.8) is 0 Å². The number of carbonyl (C=O) groups is 1. The van der Waals surface area contributed by atoms with Crippen molar-refractivity contribution < 1.29 is 9.18 Å². The van der Waals surface area contributed by atoms with Gasteiger partial charge in [0.05, 0.1) is 5.75 Å². The summed E-state index contributed by atoms with van der Waals surface area (Å²) in [5.74, 6) is 0.122. The molecule has 0 saturated carbocycles. The van der Waals surface area contributed by atoms with Crippen LogP contribution in [0.5, 0.6) is 0 Å². The van der Waals surface area contributed by atoms with E-state index >= 15 is 0 Å². The number of benzene rings is 2. The van der Waals surface area contributed by atoms with Crippen LogP contribution in [0.4, 0.5) is 4.39 Å². The third kappa shape index (κ3) is 3.93. The first kappa shape index (κ1) is 13.8. The van der Waals surface area contributed by atoms with Crippen LogP contribution in [0.1, 0.15) is 22.8 Å². The molecule has 98 valence electrons. The van der Waals surface area contributed by atoms with Gasteiger partial charge in [0.15, 0.2) is 5.78 Å². The summed E-state index contributed by atoms with van der Waals surface area (Å²) in [7, 11) is 0. The number of ketones is 1. The van der Waals surface area contributed by atoms with E-state index < -0.39 is 0 Å². The summed E-state index contributed by atoms with van der Waals surface area (Å²) in [4.78, 5) is 12.8. The molecular formula is C16H15FOS. The Kier molecular flexibility index (Phi) is 4.74. The fraction of sp³-hybridized carbons (Fsp3) is 0.188. The van der Waals surface area contributed by atoms with Crippen molar-refractivity contribution in [1.29, 1.82) is 0 Å². The highest BCUT2D eigenvalue weighted by Crippen LogP contribution is 2.20. The number of rotatable bonds is 5. The molecular weight excluding hydrogens is 259 g/mol. The summed E-state index contributed by atoms with van der Waals surface area (Å²) in [5, 5.41) is 0. The molecule has 0 fully saturated rings. The van der Waals surface area contributed by atoms with E-state index in [1.165, 1.54) is 29.5 Å². The Morgan fingerprint density at radius 2 is 1.89 bits per heavy atom. The number of thioether (sulfide) groups is 1. The normalized spacial score (nSPS) is 10.4. The average Bonchev–Trinajstić information content (AvgIpc) is 2.45. The van der Waals surface area contributed by atoms with Gasteiger partial charge in [0.2, 0.25) is 0 Å². The monoisotopic (exact) mass is 274 g/mol. The summed E-state index contributed by atoms with van der Waals surface area (Å²) >= 11 is 1.36. The first-order valence-corrected chi connectivity index (χ1v) is 7.18. The molecule has 0 aliphatic rings. The van der Waals surface area contributed by atoms with Crippen molar-refractivity contribution in [2.45, 2.75) is 18.2 Å². The molecule has 2 aromatic rings. The minimum atomic E-state index is -0.273. The summed E-state index contributed by atoms with van der Waals surface area (Å²) < 4.78 is 13.0. The second-order valence-electron chi connectivity index (χ2n) is 4.22. The number of Topliss-reactive ketones (excluding diaryl/α,β-unsaturated/α-hetero) is 1. The van der Waals surface area contributed by atoms with E-state index in [1.807, 2.05) is 24.3 Å².